The van der Waals surface area contributed by atoms with Crippen LogP contribution >= 0.6 is 0 Å². The molecule has 1 atom stereocenters. The van der Waals surface area contributed by atoms with Gasteiger partial charge in [-0.15, -0.1) is 0 Å². The number of amides is 1. The Morgan fingerprint density at radius 1 is 1.40 bits per heavy atom. The Kier molecular flexibility index (Phi) is 4.11. The minimum atomic E-state index is -0.465. The van der Waals surface area contributed by atoms with Gasteiger partial charge in [-0.25, -0.2) is 14.8 Å². The summed E-state index contributed by atoms with van der Waals surface area (Å²) < 4.78 is 5.26. The van der Waals surface area contributed by atoms with E-state index >= 15 is 0 Å². The van der Waals surface area contributed by atoms with Gasteiger partial charge in [-0.1, -0.05) is 0 Å². The molecule has 6 heteroatoms. The molecule has 0 radical (unpaired) electrons. The highest BCUT2D eigenvalue weighted by Crippen LogP contribution is 2.19. The predicted molar refractivity (Wildman–Crippen MR) is 76.8 cm³/mol. The maximum Gasteiger partial charge on any atom is 0.407 e. The number of alkyl carbamates (subject to hydrolysis) is 1. The Morgan fingerprint density at radius 2 is 2.05 bits per heavy atom. The number of nitrogens with zero attached hydrogens (tertiary/aromatic N) is 3. The first-order chi connectivity index (χ1) is 9.33. The van der Waals surface area contributed by atoms with Crippen LogP contribution in [0.25, 0.3) is 0 Å². The molecule has 1 aliphatic rings. The van der Waals surface area contributed by atoms with Gasteiger partial charge in [-0.3, -0.25) is 0 Å². The Balaban J connectivity index is 1.86. The standard InChI is InChI=1S/C14H22N4O2/c1-10-15-7-12(8-16-10)18-6-5-11(9-18)17-13(19)20-14(2,3)4/h7-8,11H,5-6,9H2,1-4H3,(H,17,19). The van der Waals surface area contributed by atoms with E-state index in [1.165, 1.54) is 0 Å². The van der Waals surface area contributed by atoms with Crippen molar-refractivity contribution in [2.24, 2.45) is 0 Å². The van der Waals surface area contributed by atoms with E-state index in [0.717, 1.165) is 31.0 Å². The topological polar surface area (TPSA) is 67.4 Å². The predicted octanol–water partition coefficient (Wildman–Crippen LogP) is 1.89. The zero-order chi connectivity index (χ0) is 14.8. The molecule has 1 aromatic heterocycles. The third-order valence-corrected chi connectivity index (χ3v) is 3.04. The lowest BCUT2D eigenvalue weighted by Gasteiger charge is -2.22. The highest BCUT2D eigenvalue weighted by atomic mass is 16.6. The van der Waals surface area contributed by atoms with Gasteiger partial charge in [0.2, 0.25) is 0 Å². The van der Waals surface area contributed by atoms with Crippen LogP contribution in [0.15, 0.2) is 12.4 Å². The van der Waals surface area contributed by atoms with Crippen molar-refractivity contribution < 1.29 is 9.53 Å². The van der Waals surface area contributed by atoms with Gasteiger partial charge in [0.25, 0.3) is 0 Å². The largest absolute Gasteiger partial charge is 0.444 e. The fourth-order valence-corrected chi connectivity index (χ4v) is 2.14. The lowest BCUT2D eigenvalue weighted by atomic mass is 10.2. The Hall–Kier alpha value is -1.85. The molecule has 0 bridgehead atoms. The van der Waals surface area contributed by atoms with Crippen LogP contribution in [0, 0.1) is 6.92 Å². The third-order valence-electron chi connectivity index (χ3n) is 3.04. The normalized spacial score (nSPS) is 19.0. The van der Waals surface area contributed by atoms with Gasteiger partial charge in [0, 0.05) is 13.1 Å². The van der Waals surface area contributed by atoms with E-state index in [-0.39, 0.29) is 12.1 Å². The molecule has 1 aromatic rings. The SMILES string of the molecule is Cc1ncc(N2CCC(NC(=O)OC(C)(C)C)C2)cn1. The second-order valence-corrected chi connectivity index (χ2v) is 6.07. The van der Waals surface area contributed by atoms with E-state index in [1.807, 2.05) is 40.1 Å². The zero-order valence-electron chi connectivity index (χ0n) is 12.5. The quantitative estimate of drug-likeness (QED) is 0.894. The van der Waals surface area contributed by atoms with Crippen LogP contribution in [0.5, 0.6) is 0 Å². The minimum absolute atomic E-state index is 0.103. The number of nitrogens with one attached hydrogen (secondary N) is 1. The van der Waals surface area contributed by atoms with Gasteiger partial charge in [-0.05, 0) is 34.1 Å². The molecule has 110 valence electrons. The number of carbonyl (C=O) groups excluding carboxylic acids is 1. The van der Waals surface area contributed by atoms with E-state index in [2.05, 4.69) is 20.2 Å². The molecule has 1 unspecified atom stereocenters. The smallest absolute Gasteiger partial charge is 0.407 e. The van der Waals surface area contributed by atoms with Crippen molar-refractivity contribution in [3.8, 4) is 0 Å². The van der Waals surface area contributed by atoms with Crippen LogP contribution in [-0.4, -0.2) is 40.8 Å². The Bertz CT molecular complexity index is 467. The summed E-state index contributed by atoms with van der Waals surface area (Å²) in [5, 5.41) is 2.90. The van der Waals surface area contributed by atoms with Crippen LogP contribution in [0.4, 0.5) is 10.5 Å². The van der Waals surface area contributed by atoms with E-state index in [1.54, 1.807) is 0 Å². The van der Waals surface area contributed by atoms with Gasteiger partial charge in [-0.2, -0.15) is 0 Å². The Labute approximate surface area is 119 Å². The maximum atomic E-state index is 11.7. The van der Waals surface area contributed by atoms with E-state index < -0.39 is 5.60 Å². The molecule has 1 amide bonds. The molecule has 2 heterocycles. The van der Waals surface area contributed by atoms with Crippen molar-refractivity contribution in [3.05, 3.63) is 18.2 Å². The maximum absolute atomic E-state index is 11.7. The summed E-state index contributed by atoms with van der Waals surface area (Å²) in [6, 6.07) is 0.103. The molecular weight excluding hydrogens is 256 g/mol. The molecule has 0 saturated carbocycles. The number of hydrogen-bond acceptors (Lipinski definition) is 5. The molecule has 6 nitrogen and oxygen atoms in total. The van der Waals surface area contributed by atoms with Gasteiger partial charge in [0.15, 0.2) is 0 Å². The average molecular weight is 278 g/mol. The molecule has 0 spiro atoms. The van der Waals surface area contributed by atoms with Crippen LogP contribution in [-0.2, 0) is 4.74 Å². The highest BCUT2D eigenvalue weighted by Gasteiger charge is 2.26. The second kappa shape index (κ2) is 5.64. The van der Waals surface area contributed by atoms with E-state index in [9.17, 15) is 4.79 Å². The molecular formula is C14H22N4O2. The first-order valence-corrected chi connectivity index (χ1v) is 6.86. The molecule has 0 aliphatic carbocycles. The van der Waals surface area contributed by atoms with Crippen LogP contribution < -0.4 is 10.2 Å². The number of ether oxygens (including phenoxy) is 1. The van der Waals surface area contributed by atoms with Gasteiger partial charge in [0.05, 0.1) is 24.1 Å². The number of aryl methyl sites for hydroxylation is 1. The third kappa shape index (κ3) is 4.08. The first-order valence-electron chi connectivity index (χ1n) is 6.86. The Morgan fingerprint density at radius 3 is 2.65 bits per heavy atom. The summed E-state index contributed by atoms with van der Waals surface area (Å²) in [7, 11) is 0. The van der Waals surface area contributed by atoms with Gasteiger partial charge in [0.1, 0.15) is 11.4 Å². The van der Waals surface area contributed by atoms with Crippen molar-refractivity contribution in [1.82, 2.24) is 15.3 Å². The van der Waals surface area contributed by atoms with E-state index in [0.29, 0.717) is 0 Å². The first kappa shape index (κ1) is 14.6. The summed E-state index contributed by atoms with van der Waals surface area (Å²) in [5.41, 5.74) is 0.525. The summed E-state index contributed by atoms with van der Waals surface area (Å²) in [6.07, 6.45) is 4.17. The number of rotatable bonds is 2. The fraction of sp³-hybridized carbons (Fsp3) is 0.643. The molecule has 2 rings (SSSR count). The van der Waals surface area contributed by atoms with Crippen molar-refractivity contribution >= 4 is 11.8 Å². The molecule has 1 fully saturated rings. The number of aromatic nitrogens is 2. The van der Waals surface area contributed by atoms with Crippen molar-refractivity contribution in [3.63, 3.8) is 0 Å². The van der Waals surface area contributed by atoms with E-state index in [4.69, 9.17) is 4.74 Å². The van der Waals surface area contributed by atoms with Gasteiger partial charge < -0.3 is 15.0 Å². The molecule has 1 aliphatic heterocycles. The summed E-state index contributed by atoms with van der Waals surface area (Å²) in [6.45, 7) is 9.07. The van der Waals surface area contributed by atoms with Crippen molar-refractivity contribution in [2.45, 2.75) is 45.8 Å². The van der Waals surface area contributed by atoms with Crippen LogP contribution in [0.2, 0.25) is 0 Å². The lowest BCUT2D eigenvalue weighted by Crippen LogP contribution is -2.40. The number of carbonyl (C=O) groups is 1. The monoisotopic (exact) mass is 278 g/mol. The van der Waals surface area contributed by atoms with Crippen molar-refractivity contribution in [1.29, 1.82) is 0 Å². The van der Waals surface area contributed by atoms with Crippen molar-refractivity contribution in [2.75, 3.05) is 18.0 Å². The molecule has 1 N–H and O–H groups in total. The average Bonchev–Trinajstić information content (AvgIpc) is 2.75. The second-order valence-electron chi connectivity index (χ2n) is 6.07. The zero-order valence-corrected chi connectivity index (χ0v) is 12.5. The fourth-order valence-electron chi connectivity index (χ4n) is 2.14. The molecule has 20 heavy (non-hydrogen) atoms. The lowest BCUT2D eigenvalue weighted by molar-refractivity contribution is 0.0509. The summed E-state index contributed by atoms with van der Waals surface area (Å²) in [5.74, 6) is 0.761. The summed E-state index contributed by atoms with van der Waals surface area (Å²) >= 11 is 0. The highest BCUT2D eigenvalue weighted by molar-refractivity contribution is 5.68. The molecule has 1 saturated heterocycles. The number of anilines is 1. The summed E-state index contributed by atoms with van der Waals surface area (Å²) in [4.78, 5) is 22.3. The van der Waals surface area contributed by atoms with Crippen LogP contribution in [0.1, 0.15) is 33.0 Å². The van der Waals surface area contributed by atoms with Gasteiger partial charge >= 0.3 is 6.09 Å². The van der Waals surface area contributed by atoms with Crippen LogP contribution in [0.3, 0.4) is 0 Å². The minimum Gasteiger partial charge on any atom is -0.444 e. The molecule has 0 aromatic carbocycles. The number of hydrogen-bond donors (Lipinski definition) is 1.